The first-order chi connectivity index (χ1) is 10.1. The predicted octanol–water partition coefficient (Wildman–Crippen LogP) is 3.03. The summed E-state index contributed by atoms with van der Waals surface area (Å²) in [7, 11) is 0. The Hall–Kier alpha value is -2.33. The molecule has 0 bridgehead atoms. The van der Waals surface area contributed by atoms with Crippen molar-refractivity contribution in [3.63, 3.8) is 0 Å². The summed E-state index contributed by atoms with van der Waals surface area (Å²) in [4.78, 5) is 15.1. The van der Waals surface area contributed by atoms with Crippen LogP contribution in [0.2, 0.25) is 0 Å². The molecule has 0 aliphatic heterocycles. The quantitative estimate of drug-likeness (QED) is 0.773. The lowest BCUT2D eigenvalue weighted by molar-refractivity contribution is 0.482. The SMILES string of the molecule is Cc1cc2cc(CNCc3ccco3)c(=O)[nH]c2cc1C. The molecule has 0 radical (unpaired) electrons. The summed E-state index contributed by atoms with van der Waals surface area (Å²) in [5.74, 6) is 0.860. The summed E-state index contributed by atoms with van der Waals surface area (Å²) in [6.45, 7) is 5.25. The van der Waals surface area contributed by atoms with Crippen LogP contribution in [0.1, 0.15) is 22.5 Å². The fraction of sp³-hybridized carbons (Fsp3) is 0.235. The molecule has 3 aromatic rings. The molecule has 2 N–H and O–H groups in total. The third kappa shape index (κ3) is 2.90. The predicted molar refractivity (Wildman–Crippen MR) is 83.3 cm³/mol. The second-order valence-electron chi connectivity index (χ2n) is 5.33. The first-order valence-corrected chi connectivity index (χ1v) is 7.00. The first kappa shape index (κ1) is 13.6. The summed E-state index contributed by atoms with van der Waals surface area (Å²) >= 11 is 0. The zero-order valence-corrected chi connectivity index (χ0v) is 12.2. The van der Waals surface area contributed by atoms with Crippen molar-refractivity contribution in [3.05, 3.63) is 69.4 Å². The van der Waals surface area contributed by atoms with E-state index in [0.717, 1.165) is 22.2 Å². The second kappa shape index (κ2) is 5.58. The van der Waals surface area contributed by atoms with Crippen molar-refractivity contribution in [2.24, 2.45) is 0 Å². The number of nitrogens with one attached hydrogen (secondary N) is 2. The fourth-order valence-corrected chi connectivity index (χ4v) is 2.39. The number of aromatic nitrogens is 1. The second-order valence-corrected chi connectivity index (χ2v) is 5.33. The van der Waals surface area contributed by atoms with Crippen LogP contribution in [0.5, 0.6) is 0 Å². The summed E-state index contributed by atoms with van der Waals surface area (Å²) in [5, 5.41) is 4.28. The number of aromatic amines is 1. The maximum atomic E-state index is 12.1. The Morgan fingerprint density at radius 1 is 1.14 bits per heavy atom. The van der Waals surface area contributed by atoms with Crippen LogP contribution in [0.25, 0.3) is 10.9 Å². The number of benzene rings is 1. The fourth-order valence-electron chi connectivity index (χ4n) is 2.39. The van der Waals surface area contributed by atoms with Crippen LogP contribution in [0.4, 0.5) is 0 Å². The third-order valence-corrected chi connectivity index (χ3v) is 3.73. The topological polar surface area (TPSA) is 58.0 Å². The van der Waals surface area contributed by atoms with Crippen LogP contribution in [0.15, 0.2) is 45.8 Å². The number of hydrogen-bond donors (Lipinski definition) is 2. The van der Waals surface area contributed by atoms with Crippen molar-refractivity contribution in [1.82, 2.24) is 10.3 Å². The van der Waals surface area contributed by atoms with Crippen LogP contribution >= 0.6 is 0 Å². The van der Waals surface area contributed by atoms with Gasteiger partial charge in [0.05, 0.1) is 12.8 Å². The molecule has 3 rings (SSSR count). The van der Waals surface area contributed by atoms with Gasteiger partial charge in [-0.05, 0) is 60.7 Å². The number of furan rings is 1. The Morgan fingerprint density at radius 3 is 2.71 bits per heavy atom. The van der Waals surface area contributed by atoms with Crippen molar-refractivity contribution >= 4 is 10.9 Å². The van der Waals surface area contributed by atoms with Gasteiger partial charge in [-0.3, -0.25) is 4.79 Å². The largest absolute Gasteiger partial charge is 0.468 e. The number of pyridine rings is 1. The molecule has 0 saturated heterocycles. The molecule has 4 nitrogen and oxygen atoms in total. The van der Waals surface area contributed by atoms with Crippen LogP contribution in [-0.2, 0) is 13.1 Å². The number of aryl methyl sites for hydroxylation is 2. The van der Waals surface area contributed by atoms with Gasteiger partial charge in [-0.1, -0.05) is 0 Å². The van der Waals surface area contributed by atoms with Gasteiger partial charge >= 0.3 is 0 Å². The molecule has 1 aromatic carbocycles. The Morgan fingerprint density at radius 2 is 1.95 bits per heavy atom. The van der Waals surface area contributed by atoms with Gasteiger partial charge in [0, 0.05) is 17.6 Å². The lowest BCUT2D eigenvalue weighted by Crippen LogP contribution is -2.20. The Kier molecular flexibility index (Phi) is 3.62. The van der Waals surface area contributed by atoms with E-state index in [0.29, 0.717) is 13.1 Å². The number of hydrogen-bond acceptors (Lipinski definition) is 3. The van der Waals surface area contributed by atoms with E-state index in [1.54, 1.807) is 6.26 Å². The van der Waals surface area contributed by atoms with E-state index in [1.165, 1.54) is 11.1 Å². The highest BCUT2D eigenvalue weighted by Gasteiger charge is 2.05. The van der Waals surface area contributed by atoms with Gasteiger partial charge in [0.15, 0.2) is 0 Å². The third-order valence-electron chi connectivity index (χ3n) is 3.73. The lowest BCUT2D eigenvalue weighted by atomic mass is 10.1. The summed E-state index contributed by atoms with van der Waals surface area (Å²) in [5.41, 5.74) is 3.98. The zero-order chi connectivity index (χ0) is 14.8. The maximum absolute atomic E-state index is 12.1. The van der Waals surface area contributed by atoms with Gasteiger partial charge in [-0.15, -0.1) is 0 Å². The molecular formula is C17H18N2O2. The molecule has 0 aliphatic carbocycles. The normalized spacial score (nSPS) is 11.1. The minimum atomic E-state index is -0.0438. The Balaban J connectivity index is 1.83. The molecule has 0 amide bonds. The average molecular weight is 282 g/mol. The van der Waals surface area contributed by atoms with Crippen LogP contribution in [0.3, 0.4) is 0 Å². The smallest absolute Gasteiger partial charge is 0.252 e. The zero-order valence-electron chi connectivity index (χ0n) is 12.2. The van der Waals surface area contributed by atoms with Gasteiger partial charge in [-0.2, -0.15) is 0 Å². The molecule has 0 saturated carbocycles. The van der Waals surface area contributed by atoms with Gasteiger partial charge in [0.25, 0.3) is 5.56 Å². The Bertz CT molecular complexity index is 817. The first-order valence-electron chi connectivity index (χ1n) is 7.00. The van der Waals surface area contributed by atoms with E-state index in [9.17, 15) is 4.79 Å². The van der Waals surface area contributed by atoms with E-state index in [1.807, 2.05) is 31.2 Å². The monoisotopic (exact) mass is 282 g/mol. The summed E-state index contributed by atoms with van der Waals surface area (Å²) < 4.78 is 5.25. The standard InChI is InChI=1S/C17H18N2O2/c1-11-6-13-8-14(9-18-10-15-4-3-5-21-15)17(20)19-16(13)7-12(11)2/h3-8,18H,9-10H2,1-2H3,(H,19,20). The van der Waals surface area contributed by atoms with Crippen molar-refractivity contribution < 1.29 is 4.42 Å². The van der Waals surface area contributed by atoms with Crippen LogP contribution in [0, 0.1) is 13.8 Å². The number of fused-ring (bicyclic) bond motifs is 1. The summed E-state index contributed by atoms with van der Waals surface area (Å²) in [6.07, 6.45) is 1.64. The average Bonchev–Trinajstić information content (AvgIpc) is 2.95. The molecule has 0 fully saturated rings. The molecule has 2 aromatic heterocycles. The molecular weight excluding hydrogens is 264 g/mol. The molecule has 0 atom stereocenters. The van der Waals surface area contributed by atoms with Crippen LogP contribution in [-0.4, -0.2) is 4.98 Å². The van der Waals surface area contributed by atoms with Crippen molar-refractivity contribution in [3.8, 4) is 0 Å². The number of H-pyrrole nitrogens is 1. The highest BCUT2D eigenvalue weighted by atomic mass is 16.3. The number of rotatable bonds is 4. The van der Waals surface area contributed by atoms with Gasteiger partial charge < -0.3 is 14.7 Å². The van der Waals surface area contributed by atoms with E-state index >= 15 is 0 Å². The molecule has 2 heterocycles. The molecule has 0 spiro atoms. The molecule has 108 valence electrons. The minimum Gasteiger partial charge on any atom is -0.468 e. The van der Waals surface area contributed by atoms with E-state index in [2.05, 4.69) is 23.3 Å². The van der Waals surface area contributed by atoms with Gasteiger partial charge in [0.1, 0.15) is 5.76 Å². The van der Waals surface area contributed by atoms with E-state index in [-0.39, 0.29) is 5.56 Å². The molecule has 0 aliphatic rings. The maximum Gasteiger partial charge on any atom is 0.252 e. The highest BCUT2D eigenvalue weighted by molar-refractivity contribution is 5.80. The van der Waals surface area contributed by atoms with Gasteiger partial charge in [-0.25, -0.2) is 0 Å². The summed E-state index contributed by atoms with van der Waals surface area (Å²) in [6, 6.07) is 9.84. The highest BCUT2D eigenvalue weighted by Crippen LogP contribution is 2.17. The van der Waals surface area contributed by atoms with Crippen molar-refractivity contribution in [1.29, 1.82) is 0 Å². The molecule has 4 heteroatoms. The van der Waals surface area contributed by atoms with Gasteiger partial charge in [0.2, 0.25) is 0 Å². The Labute approximate surface area is 122 Å². The van der Waals surface area contributed by atoms with E-state index < -0.39 is 0 Å². The van der Waals surface area contributed by atoms with E-state index in [4.69, 9.17) is 4.42 Å². The van der Waals surface area contributed by atoms with Crippen molar-refractivity contribution in [2.75, 3.05) is 0 Å². The molecule has 0 unspecified atom stereocenters. The lowest BCUT2D eigenvalue weighted by Gasteiger charge is -2.07. The van der Waals surface area contributed by atoms with Crippen LogP contribution < -0.4 is 10.9 Å². The van der Waals surface area contributed by atoms with Crippen molar-refractivity contribution in [2.45, 2.75) is 26.9 Å². The molecule has 21 heavy (non-hydrogen) atoms. The minimum absolute atomic E-state index is 0.0438.